The molecule has 0 spiro atoms. The highest BCUT2D eigenvalue weighted by Crippen LogP contribution is 2.26. The second-order valence-corrected chi connectivity index (χ2v) is 2.31. The maximum Gasteiger partial charge on any atom is 0.492 e. The van der Waals surface area contributed by atoms with Gasteiger partial charge in [0, 0.05) is 7.05 Å². The second kappa shape index (κ2) is 2.75. The van der Waals surface area contributed by atoms with Crippen LogP contribution in [0.2, 0.25) is 0 Å². The summed E-state index contributed by atoms with van der Waals surface area (Å²) in [6.07, 6.45) is -6.40. The number of nitrogens with zero attached hydrogens (tertiary/aromatic N) is 4. The van der Waals surface area contributed by atoms with Gasteiger partial charge in [-0.15, -0.1) is 13.2 Å². The Morgan fingerprint density at radius 1 is 1.62 bits per heavy atom. The van der Waals surface area contributed by atoms with Gasteiger partial charge >= 0.3 is 12.6 Å². The molecule has 1 aliphatic heterocycles. The molecular weight excluding hydrogens is 193 g/mol. The molecule has 13 heavy (non-hydrogen) atoms. The Balaban J connectivity index is 2.88. The molecule has 0 fully saturated rings. The van der Waals surface area contributed by atoms with Gasteiger partial charge in [0.15, 0.2) is 0 Å². The molecule has 0 aromatic carbocycles. The van der Waals surface area contributed by atoms with Crippen LogP contribution in [-0.4, -0.2) is 40.8 Å². The number of halogens is 3. The van der Waals surface area contributed by atoms with Crippen LogP contribution < -0.4 is 0 Å². The summed E-state index contributed by atoms with van der Waals surface area (Å²) in [7, 11) is 1.09. The van der Waals surface area contributed by atoms with Crippen LogP contribution in [0, 0.1) is 10.1 Å². The minimum Gasteiger partial charge on any atom is -0.261 e. The number of hydrogen-bond acceptors (Lipinski definition) is 5. The van der Waals surface area contributed by atoms with Crippen molar-refractivity contribution in [3.05, 3.63) is 10.1 Å². The van der Waals surface area contributed by atoms with Crippen LogP contribution in [0.25, 0.3) is 0 Å². The predicted molar refractivity (Wildman–Crippen MR) is 34.9 cm³/mol. The van der Waals surface area contributed by atoms with Crippen molar-refractivity contribution in [3.8, 4) is 0 Å². The summed E-state index contributed by atoms with van der Waals surface area (Å²) in [6.45, 7) is 0. The standard InChI is InChI=1S/C4H5F3N4O2/c1-9-3(11(12)13)10(2-8-9)4(5,6)7/h2-3H,1H3. The summed E-state index contributed by atoms with van der Waals surface area (Å²) in [5, 5.41) is 14.0. The number of hydrogen-bond donors (Lipinski definition) is 0. The third kappa shape index (κ3) is 1.63. The van der Waals surface area contributed by atoms with Crippen molar-refractivity contribution in [2.45, 2.75) is 12.6 Å². The van der Waals surface area contributed by atoms with Gasteiger partial charge in [-0.05, 0) is 0 Å². The Labute approximate surface area is 70.4 Å². The molecule has 0 saturated carbocycles. The van der Waals surface area contributed by atoms with Crippen molar-refractivity contribution in [2.24, 2.45) is 5.10 Å². The predicted octanol–water partition coefficient (Wildman–Crippen LogP) is 0.257. The minimum absolute atomic E-state index is 0.382. The van der Waals surface area contributed by atoms with Crippen LogP contribution in [0.3, 0.4) is 0 Å². The Hall–Kier alpha value is -1.54. The molecule has 1 aliphatic rings. The van der Waals surface area contributed by atoms with E-state index in [0.29, 0.717) is 11.3 Å². The van der Waals surface area contributed by atoms with Crippen molar-refractivity contribution < 1.29 is 18.1 Å². The van der Waals surface area contributed by atoms with Crippen molar-refractivity contribution in [1.29, 1.82) is 0 Å². The molecule has 0 aliphatic carbocycles. The molecule has 0 aromatic heterocycles. The van der Waals surface area contributed by atoms with Crippen molar-refractivity contribution in [2.75, 3.05) is 7.05 Å². The number of hydrazone groups is 1. The lowest BCUT2D eigenvalue weighted by molar-refractivity contribution is -0.583. The maximum absolute atomic E-state index is 12.0. The SMILES string of the molecule is CN1N=CN(C(F)(F)F)C1[N+](=O)[O-]. The van der Waals surface area contributed by atoms with Crippen molar-refractivity contribution in [3.63, 3.8) is 0 Å². The summed E-state index contributed by atoms with van der Waals surface area (Å²) < 4.78 is 36.1. The van der Waals surface area contributed by atoms with Crippen LogP contribution >= 0.6 is 0 Å². The molecule has 1 unspecified atom stereocenters. The highest BCUT2D eigenvalue weighted by Gasteiger charge is 2.51. The highest BCUT2D eigenvalue weighted by atomic mass is 19.4. The van der Waals surface area contributed by atoms with Crippen LogP contribution in [0.5, 0.6) is 0 Å². The fraction of sp³-hybridized carbons (Fsp3) is 0.750. The van der Waals surface area contributed by atoms with E-state index in [1.165, 1.54) is 0 Å². The van der Waals surface area contributed by atoms with Crippen LogP contribution in [0.1, 0.15) is 0 Å². The van der Waals surface area contributed by atoms with E-state index in [2.05, 4.69) is 5.10 Å². The van der Waals surface area contributed by atoms with Crippen molar-refractivity contribution in [1.82, 2.24) is 9.91 Å². The molecule has 1 atom stereocenters. The van der Waals surface area contributed by atoms with Crippen LogP contribution in [0.4, 0.5) is 13.2 Å². The fourth-order valence-electron chi connectivity index (χ4n) is 0.871. The van der Waals surface area contributed by atoms with Gasteiger partial charge in [0.2, 0.25) is 0 Å². The number of nitro groups is 1. The summed E-state index contributed by atoms with van der Waals surface area (Å²) in [5.74, 6) is 0. The van der Waals surface area contributed by atoms with Gasteiger partial charge in [0.25, 0.3) is 0 Å². The monoisotopic (exact) mass is 198 g/mol. The third-order valence-corrected chi connectivity index (χ3v) is 1.42. The minimum atomic E-state index is -4.79. The largest absolute Gasteiger partial charge is 0.492 e. The normalized spacial score (nSPS) is 22.6. The molecule has 0 bridgehead atoms. The van der Waals surface area contributed by atoms with Crippen LogP contribution in [0.15, 0.2) is 5.10 Å². The van der Waals surface area contributed by atoms with E-state index in [-0.39, 0.29) is 4.90 Å². The number of rotatable bonds is 1. The first-order chi connectivity index (χ1) is 5.84. The lowest BCUT2D eigenvalue weighted by atomic mass is 10.7. The topological polar surface area (TPSA) is 62.0 Å². The quantitative estimate of drug-likeness (QED) is 0.344. The van der Waals surface area contributed by atoms with Gasteiger partial charge < -0.3 is 0 Å². The van der Waals surface area contributed by atoms with Gasteiger partial charge in [0.1, 0.15) is 6.34 Å². The Kier molecular flexibility index (Phi) is 2.02. The first kappa shape index (κ1) is 9.55. The summed E-state index contributed by atoms with van der Waals surface area (Å²) >= 11 is 0. The lowest BCUT2D eigenvalue weighted by Gasteiger charge is -2.22. The first-order valence-corrected chi connectivity index (χ1v) is 3.09. The Morgan fingerprint density at radius 2 is 2.15 bits per heavy atom. The van der Waals surface area contributed by atoms with Gasteiger partial charge in [-0.3, -0.25) is 10.1 Å². The van der Waals surface area contributed by atoms with Gasteiger partial charge in [-0.1, -0.05) is 0 Å². The third-order valence-electron chi connectivity index (χ3n) is 1.42. The molecule has 0 N–H and O–H groups in total. The molecule has 6 nitrogen and oxygen atoms in total. The zero-order chi connectivity index (χ0) is 10.2. The average molecular weight is 198 g/mol. The Bertz CT molecular complexity index is 252. The molecular formula is C4H5F3N4O2. The molecule has 9 heteroatoms. The van der Waals surface area contributed by atoms with Crippen molar-refractivity contribution >= 4 is 6.34 Å². The average Bonchev–Trinajstić information content (AvgIpc) is 2.28. The van der Waals surface area contributed by atoms with Crippen LogP contribution in [-0.2, 0) is 0 Å². The van der Waals surface area contributed by atoms with E-state index < -0.39 is 17.5 Å². The fourth-order valence-corrected chi connectivity index (χ4v) is 0.871. The molecule has 0 radical (unpaired) electrons. The van der Waals surface area contributed by atoms with Gasteiger partial charge in [-0.25, -0.2) is 5.01 Å². The highest BCUT2D eigenvalue weighted by molar-refractivity contribution is 5.57. The van der Waals surface area contributed by atoms with E-state index in [1.54, 1.807) is 0 Å². The first-order valence-electron chi connectivity index (χ1n) is 3.09. The van der Waals surface area contributed by atoms with Gasteiger partial charge in [-0.2, -0.15) is 10.0 Å². The molecule has 1 rings (SSSR count). The molecule has 0 saturated heterocycles. The van der Waals surface area contributed by atoms with E-state index in [4.69, 9.17) is 0 Å². The number of alkyl halides is 3. The van der Waals surface area contributed by atoms with E-state index in [0.717, 1.165) is 7.05 Å². The van der Waals surface area contributed by atoms with Gasteiger partial charge in [0.05, 0.1) is 4.92 Å². The summed E-state index contributed by atoms with van der Waals surface area (Å²) in [4.78, 5) is 8.76. The van der Waals surface area contributed by atoms with E-state index in [9.17, 15) is 23.3 Å². The summed E-state index contributed by atoms with van der Waals surface area (Å²) in [5.41, 5.74) is 0. The lowest BCUT2D eigenvalue weighted by Crippen LogP contribution is -2.50. The Morgan fingerprint density at radius 3 is 2.46 bits per heavy atom. The molecule has 74 valence electrons. The van der Waals surface area contributed by atoms with E-state index in [1.807, 2.05) is 0 Å². The zero-order valence-corrected chi connectivity index (χ0v) is 6.39. The summed E-state index contributed by atoms with van der Waals surface area (Å²) in [6, 6.07) is 0. The second-order valence-electron chi connectivity index (χ2n) is 2.31. The molecule has 1 heterocycles. The van der Waals surface area contributed by atoms with E-state index >= 15 is 0 Å². The maximum atomic E-state index is 12.0. The molecule has 0 amide bonds. The molecule has 0 aromatic rings. The smallest absolute Gasteiger partial charge is 0.261 e. The zero-order valence-electron chi connectivity index (χ0n) is 6.39.